The summed E-state index contributed by atoms with van der Waals surface area (Å²) in [6, 6.07) is 26.3. The largest absolute Gasteiger partial charge is 0.494 e. The van der Waals surface area contributed by atoms with E-state index >= 15 is 0 Å². The average Bonchev–Trinajstić information content (AvgIpc) is 3.88. The molecule has 0 aromatic heterocycles. The zero-order chi connectivity index (χ0) is 42.6. The molecule has 0 bridgehead atoms. The van der Waals surface area contributed by atoms with Crippen molar-refractivity contribution in [1.29, 1.82) is 0 Å². The maximum atomic E-state index is 13.4. The van der Waals surface area contributed by atoms with E-state index in [1.807, 2.05) is 36.4 Å². The minimum Gasteiger partial charge on any atom is -0.494 e. The highest BCUT2D eigenvalue weighted by Gasteiger charge is 2.61. The van der Waals surface area contributed by atoms with Crippen LogP contribution < -0.4 is 4.74 Å². The number of ether oxygens (including phenoxy) is 2. The van der Waals surface area contributed by atoms with Gasteiger partial charge in [0.15, 0.2) is 0 Å². The fourth-order valence-corrected chi connectivity index (χ4v) is 13.1. The van der Waals surface area contributed by atoms with Gasteiger partial charge in [0.2, 0.25) is 0 Å². The minimum absolute atomic E-state index is 0.0653. The van der Waals surface area contributed by atoms with Crippen molar-refractivity contribution in [3.63, 3.8) is 0 Å². The van der Waals surface area contributed by atoms with Crippen LogP contribution in [0.15, 0.2) is 101 Å². The molecule has 0 amide bonds. The van der Waals surface area contributed by atoms with Crippen LogP contribution in [0.4, 0.5) is 11.4 Å². The fraction of sp³-hybridized carbons (Fsp3) is 0.611. The van der Waals surface area contributed by atoms with Crippen LogP contribution in [0.25, 0.3) is 0 Å². The molecule has 4 aliphatic carbocycles. The third kappa shape index (κ3) is 9.74. The normalized spacial score (nSPS) is 31.7. The molecular weight excluding hydrogens is 755 g/mol. The monoisotopic (exact) mass is 828 g/mol. The highest BCUT2D eigenvalue weighted by Crippen LogP contribution is 2.68. The van der Waals surface area contributed by atoms with Crippen molar-refractivity contribution in [2.45, 2.75) is 143 Å². The first-order chi connectivity index (χ1) is 29.5. The summed E-state index contributed by atoms with van der Waals surface area (Å²) in [5.41, 5.74) is 5.07. The van der Waals surface area contributed by atoms with Crippen LogP contribution in [0, 0.1) is 46.3 Å². The molecule has 10 atom stereocenters. The Bertz CT molecular complexity index is 1960. The van der Waals surface area contributed by atoms with E-state index in [0.29, 0.717) is 53.5 Å². The number of esters is 1. The molecule has 0 spiro atoms. The molecule has 0 radical (unpaired) electrons. The van der Waals surface area contributed by atoms with Gasteiger partial charge in [0.1, 0.15) is 11.9 Å². The summed E-state index contributed by atoms with van der Waals surface area (Å²) < 4.78 is 12.2. The molecule has 1 heterocycles. The summed E-state index contributed by atoms with van der Waals surface area (Å²) in [5, 5.41) is 20.7. The van der Waals surface area contributed by atoms with Crippen molar-refractivity contribution in [2.24, 2.45) is 56.6 Å². The van der Waals surface area contributed by atoms with Crippen LogP contribution in [0.1, 0.15) is 146 Å². The lowest BCUT2D eigenvalue weighted by atomic mass is 9.45. The molecule has 3 aromatic carbocycles. The van der Waals surface area contributed by atoms with E-state index < -0.39 is 0 Å². The van der Waals surface area contributed by atoms with Crippen molar-refractivity contribution in [1.82, 2.24) is 4.90 Å². The third-order valence-electron chi connectivity index (χ3n) is 16.4. The molecule has 10 unspecified atom stereocenters. The number of carbonyl (C=O) groups excluding carboxylic acids is 1. The Kier molecular flexibility index (Phi) is 13.9. The second kappa shape index (κ2) is 19.3. The zero-order valence-corrected chi connectivity index (χ0v) is 37.8. The van der Waals surface area contributed by atoms with Crippen molar-refractivity contribution >= 4 is 17.3 Å². The van der Waals surface area contributed by atoms with E-state index in [1.54, 1.807) is 12.1 Å². The second-order valence-electron chi connectivity index (χ2n) is 20.6. The molecule has 8 rings (SSSR count). The van der Waals surface area contributed by atoms with Crippen molar-refractivity contribution in [3.05, 3.63) is 102 Å². The van der Waals surface area contributed by atoms with Gasteiger partial charge in [0.05, 0.1) is 29.6 Å². The van der Waals surface area contributed by atoms with Gasteiger partial charge in [-0.1, -0.05) is 89.8 Å². The number of likely N-dealkylation sites (tertiary alicyclic amines) is 1. The van der Waals surface area contributed by atoms with Crippen LogP contribution in [-0.4, -0.2) is 47.9 Å². The maximum absolute atomic E-state index is 13.4. The van der Waals surface area contributed by atoms with Gasteiger partial charge in [0, 0.05) is 6.04 Å². The van der Waals surface area contributed by atoms with Crippen LogP contribution in [-0.2, 0) is 4.74 Å². The molecule has 1 saturated heterocycles. The first-order valence-electron chi connectivity index (χ1n) is 24.2. The Morgan fingerprint density at radius 3 is 2.30 bits per heavy atom. The predicted octanol–water partition coefficient (Wildman–Crippen LogP) is 13.6. The number of fused-ring (bicyclic) bond motifs is 5. The summed E-state index contributed by atoms with van der Waals surface area (Å²) in [4.78, 5) is 16.0. The molecular formula is C54H73N3O4. The zero-order valence-electron chi connectivity index (χ0n) is 37.8. The Labute approximate surface area is 366 Å². The first kappa shape index (κ1) is 43.8. The fourth-order valence-electron chi connectivity index (χ4n) is 13.1. The van der Waals surface area contributed by atoms with Crippen LogP contribution >= 0.6 is 0 Å². The third-order valence-corrected chi connectivity index (χ3v) is 16.4. The Morgan fingerprint density at radius 2 is 1.56 bits per heavy atom. The second-order valence-corrected chi connectivity index (χ2v) is 20.6. The molecule has 3 aromatic rings. The summed E-state index contributed by atoms with van der Waals surface area (Å²) in [7, 11) is 0. The predicted molar refractivity (Wildman–Crippen MR) is 245 cm³/mol. The number of aliphatic hydroxyl groups excluding tert-OH is 1. The van der Waals surface area contributed by atoms with Gasteiger partial charge in [0.25, 0.3) is 0 Å². The van der Waals surface area contributed by atoms with Crippen LogP contribution in [0.2, 0.25) is 0 Å². The number of carbonyl (C=O) groups is 1. The van der Waals surface area contributed by atoms with Gasteiger partial charge in [-0.05, 0) is 190 Å². The number of aliphatic hydroxyl groups is 1. The molecule has 5 aliphatic rings. The maximum Gasteiger partial charge on any atom is 0.338 e. The molecule has 4 fully saturated rings. The number of benzene rings is 3. The van der Waals surface area contributed by atoms with Gasteiger partial charge in [-0.2, -0.15) is 10.2 Å². The quantitative estimate of drug-likeness (QED) is 0.0673. The number of hydrogen-bond donors (Lipinski definition) is 1. The molecule has 3 saturated carbocycles. The lowest BCUT2D eigenvalue weighted by molar-refractivity contribution is -0.115. The molecule has 328 valence electrons. The number of unbranched alkanes of at least 4 members (excludes halogenated alkanes) is 1. The van der Waals surface area contributed by atoms with E-state index in [-0.39, 0.29) is 23.6 Å². The van der Waals surface area contributed by atoms with Gasteiger partial charge >= 0.3 is 5.97 Å². The smallest absolute Gasteiger partial charge is 0.338 e. The van der Waals surface area contributed by atoms with E-state index in [0.717, 1.165) is 61.4 Å². The Balaban J connectivity index is 0.790. The van der Waals surface area contributed by atoms with Crippen molar-refractivity contribution in [2.75, 3.05) is 19.7 Å². The number of rotatable bonds is 16. The molecule has 7 nitrogen and oxygen atoms in total. The minimum atomic E-state index is -0.320. The number of nitrogens with zero attached hydrogens (tertiary/aromatic N) is 3. The van der Waals surface area contributed by atoms with Crippen molar-refractivity contribution in [3.8, 4) is 5.75 Å². The van der Waals surface area contributed by atoms with E-state index in [4.69, 9.17) is 9.47 Å². The van der Waals surface area contributed by atoms with Crippen LogP contribution in [0.3, 0.4) is 0 Å². The standard InChI is InChI=1S/C54H73N3O4/c1-37(2)13-11-14-38(3)46-26-27-47-51-48(29-31-54(46,47)5)53(4)30-28-45(35-41(53)36-50(51)58)61-52(59)40-18-20-42(21-19-40)55-56-43-22-24-44(25-23-43)60-34-10-9-32-57-33-12-17-49(57)39-15-7-6-8-16-39/h6-8,15-16,18-25,35,37-38,45-51,58H,9-14,17,26-34,36H2,1-5H3. The van der Waals surface area contributed by atoms with E-state index in [9.17, 15) is 9.90 Å². The van der Waals surface area contributed by atoms with E-state index in [2.05, 4.69) is 86.2 Å². The molecule has 1 N–H and O–H groups in total. The SMILES string of the molecule is CC(C)CCCC(C)C1CCC2C3C(O)CC4=CC(OC(=O)c5ccc(N=Nc6ccc(OCCCCN7CCCC7c7ccccc7)cc6)cc5)CCC4(C)C3CCC12C. The number of azo groups is 1. The van der Waals surface area contributed by atoms with Crippen LogP contribution in [0.5, 0.6) is 5.75 Å². The molecule has 61 heavy (non-hydrogen) atoms. The summed E-state index contributed by atoms with van der Waals surface area (Å²) in [6.45, 7) is 15.2. The highest BCUT2D eigenvalue weighted by molar-refractivity contribution is 5.90. The topological polar surface area (TPSA) is 83.7 Å². The van der Waals surface area contributed by atoms with Gasteiger partial charge in [-0.25, -0.2) is 4.79 Å². The summed E-state index contributed by atoms with van der Waals surface area (Å²) >= 11 is 0. The molecule has 7 heteroatoms. The van der Waals surface area contributed by atoms with Crippen molar-refractivity contribution < 1.29 is 19.4 Å². The Hall–Kier alpha value is -3.81. The van der Waals surface area contributed by atoms with Gasteiger partial charge < -0.3 is 14.6 Å². The number of hydrogen-bond acceptors (Lipinski definition) is 7. The average molecular weight is 828 g/mol. The van der Waals surface area contributed by atoms with E-state index in [1.165, 1.54) is 75.5 Å². The highest BCUT2D eigenvalue weighted by atomic mass is 16.5. The summed E-state index contributed by atoms with van der Waals surface area (Å²) in [5.74, 6) is 4.29. The Morgan fingerprint density at radius 1 is 0.820 bits per heavy atom. The van der Waals surface area contributed by atoms with Gasteiger partial charge in [-0.3, -0.25) is 4.90 Å². The first-order valence-corrected chi connectivity index (χ1v) is 24.2. The lowest BCUT2D eigenvalue weighted by Gasteiger charge is -2.60. The lowest BCUT2D eigenvalue weighted by Crippen LogP contribution is -2.55. The molecule has 1 aliphatic heterocycles. The van der Waals surface area contributed by atoms with Gasteiger partial charge in [-0.15, -0.1) is 0 Å². The summed E-state index contributed by atoms with van der Waals surface area (Å²) in [6.07, 6.45) is 17.9.